The molecule has 0 atom stereocenters. The number of aromatic nitrogens is 1. The predicted molar refractivity (Wildman–Crippen MR) is 96.2 cm³/mol. The van der Waals surface area contributed by atoms with Gasteiger partial charge >= 0.3 is 0 Å². The number of fused-ring (bicyclic) bond motifs is 3. The van der Waals surface area contributed by atoms with Gasteiger partial charge in [-0.25, -0.2) is 12.4 Å². The van der Waals surface area contributed by atoms with Gasteiger partial charge in [0.15, 0.2) is 0 Å². The molecule has 4 rings (SSSR count). The van der Waals surface area contributed by atoms with Crippen molar-refractivity contribution in [3.05, 3.63) is 77.3 Å². The first kappa shape index (κ1) is 14.5. The van der Waals surface area contributed by atoms with E-state index in [0.29, 0.717) is 15.5 Å². The Morgan fingerprint density at radius 2 is 1.17 bits per heavy atom. The van der Waals surface area contributed by atoms with Gasteiger partial charge in [0.25, 0.3) is 10.0 Å². The summed E-state index contributed by atoms with van der Waals surface area (Å²) in [6.07, 6.45) is 0. The lowest BCUT2D eigenvalue weighted by atomic mass is 10.2. The van der Waals surface area contributed by atoms with Crippen LogP contribution in [0.25, 0.3) is 21.8 Å². The second-order valence-electron chi connectivity index (χ2n) is 5.23. The molecule has 0 saturated carbocycles. The van der Waals surface area contributed by atoms with E-state index >= 15 is 0 Å². The average Bonchev–Trinajstić information content (AvgIpc) is 2.90. The monoisotopic (exact) mass is 385 g/mol. The first-order valence-electron chi connectivity index (χ1n) is 7.09. The van der Waals surface area contributed by atoms with Crippen LogP contribution in [0.4, 0.5) is 0 Å². The first-order valence-corrected chi connectivity index (χ1v) is 9.32. The zero-order chi connectivity index (χ0) is 16.0. The third kappa shape index (κ3) is 2.11. The minimum atomic E-state index is -3.71. The molecule has 0 aliphatic carbocycles. The fraction of sp³-hybridized carbons (Fsp3) is 0. The lowest BCUT2D eigenvalue weighted by molar-refractivity contribution is 0.590. The normalized spacial score (nSPS) is 12.0. The second kappa shape index (κ2) is 5.22. The van der Waals surface area contributed by atoms with E-state index in [0.717, 1.165) is 10.8 Å². The zero-order valence-electron chi connectivity index (χ0n) is 12.0. The molecular weight excluding hydrogens is 374 g/mol. The topological polar surface area (TPSA) is 39.1 Å². The maximum absolute atomic E-state index is 13.3. The van der Waals surface area contributed by atoms with E-state index < -0.39 is 10.0 Å². The van der Waals surface area contributed by atoms with Crippen molar-refractivity contribution in [3.63, 3.8) is 0 Å². The molecule has 1 aromatic heterocycles. The Bertz CT molecular complexity index is 1090. The first-order chi connectivity index (χ1) is 11.1. The van der Waals surface area contributed by atoms with Crippen LogP contribution in [0.3, 0.4) is 0 Å². The number of hydrogen-bond donors (Lipinski definition) is 0. The van der Waals surface area contributed by atoms with Crippen LogP contribution in [0.5, 0.6) is 0 Å². The molecule has 114 valence electrons. The van der Waals surface area contributed by atoms with Gasteiger partial charge in [-0.15, -0.1) is 0 Å². The smallest absolute Gasteiger partial charge is 0.233 e. The third-order valence-corrected chi connectivity index (χ3v) is 6.63. The molecule has 0 saturated heterocycles. The summed E-state index contributed by atoms with van der Waals surface area (Å²) in [4.78, 5) is 0.256. The van der Waals surface area contributed by atoms with E-state index in [2.05, 4.69) is 15.9 Å². The Morgan fingerprint density at radius 3 is 1.74 bits per heavy atom. The van der Waals surface area contributed by atoms with Crippen molar-refractivity contribution in [1.82, 2.24) is 3.97 Å². The molecule has 1 heterocycles. The molecule has 0 amide bonds. The Labute approximate surface area is 142 Å². The number of hydrogen-bond acceptors (Lipinski definition) is 2. The van der Waals surface area contributed by atoms with Crippen molar-refractivity contribution in [2.45, 2.75) is 4.90 Å². The Balaban J connectivity index is 2.19. The summed E-state index contributed by atoms with van der Waals surface area (Å²) in [5.41, 5.74) is 1.37. The molecule has 3 nitrogen and oxygen atoms in total. The molecule has 0 aliphatic rings. The highest BCUT2D eigenvalue weighted by Crippen LogP contribution is 2.33. The van der Waals surface area contributed by atoms with Crippen LogP contribution < -0.4 is 0 Å². The van der Waals surface area contributed by atoms with Gasteiger partial charge in [0.1, 0.15) is 4.90 Å². The average molecular weight is 386 g/mol. The van der Waals surface area contributed by atoms with E-state index in [1.165, 1.54) is 3.97 Å². The summed E-state index contributed by atoms with van der Waals surface area (Å²) in [6, 6.07) is 22.0. The van der Waals surface area contributed by atoms with Crippen molar-refractivity contribution >= 4 is 47.8 Å². The number of rotatable bonds is 2. The van der Waals surface area contributed by atoms with Crippen LogP contribution >= 0.6 is 15.9 Å². The predicted octanol–water partition coefficient (Wildman–Crippen LogP) is 4.79. The van der Waals surface area contributed by atoms with Gasteiger partial charge in [-0.1, -0.05) is 48.5 Å². The quantitative estimate of drug-likeness (QED) is 0.497. The second-order valence-corrected chi connectivity index (χ2v) is 7.84. The van der Waals surface area contributed by atoms with Crippen LogP contribution in [-0.4, -0.2) is 12.4 Å². The van der Waals surface area contributed by atoms with Crippen LogP contribution in [0.1, 0.15) is 0 Å². The largest absolute Gasteiger partial charge is 0.269 e. The standard InChI is InChI=1S/C18H12BrNO2S/c19-15-9-3-6-12-18(15)23(21,22)20-16-10-4-1-7-13(16)14-8-2-5-11-17(14)20/h1-12H. The number of halogens is 1. The van der Waals surface area contributed by atoms with E-state index in [-0.39, 0.29) is 4.90 Å². The van der Waals surface area contributed by atoms with Crippen molar-refractivity contribution in [1.29, 1.82) is 0 Å². The van der Waals surface area contributed by atoms with E-state index in [4.69, 9.17) is 0 Å². The molecule has 0 aliphatic heterocycles. The van der Waals surface area contributed by atoms with Crippen molar-refractivity contribution < 1.29 is 8.42 Å². The third-order valence-electron chi connectivity index (χ3n) is 3.89. The van der Waals surface area contributed by atoms with Crippen molar-refractivity contribution in [2.24, 2.45) is 0 Å². The summed E-state index contributed by atoms with van der Waals surface area (Å²) in [5, 5.41) is 1.86. The summed E-state index contributed by atoms with van der Waals surface area (Å²) in [5.74, 6) is 0. The Morgan fingerprint density at radius 1 is 0.696 bits per heavy atom. The number of benzene rings is 3. The highest BCUT2D eigenvalue weighted by Gasteiger charge is 2.24. The van der Waals surface area contributed by atoms with Crippen molar-refractivity contribution in [3.8, 4) is 0 Å². The van der Waals surface area contributed by atoms with Crippen LogP contribution in [0.2, 0.25) is 0 Å². The lowest BCUT2D eigenvalue weighted by Gasteiger charge is -2.10. The van der Waals surface area contributed by atoms with E-state index in [1.54, 1.807) is 24.3 Å². The molecule has 0 bridgehead atoms. The highest BCUT2D eigenvalue weighted by atomic mass is 79.9. The molecule has 0 spiro atoms. The van der Waals surface area contributed by atoms with Crippen LogP contribution in [-0.2, 0) is 10.0 Å². The van der Waals surface area contributed by atoms with Gasteiger partial charge in [0.2, 0.25) is 0 Å². The van der Waals surface area contributed by atoms with Gasteiger partial charge in [-0.05, 0) is 40.2 Å². The van der Waals surface area contributed by atoms with Gasteiger partial charge in [-0.2, -0.15) is 0 Å². The SMILES string of the molecule is O=S(=O)(c1ccccc1Br)n1c2ccccc2c2ccccc21. The molecule has 0 unspecified atom stereocenters. The molecule has 0 radical (unpaired) electrons. The molecule has 5 heteroatoms. The minimum Gasteiger partial charge on any atom is -0.233 e. The fourth-order valence-corrected chi connectivity index (χ4v) is 5.39. The highest BCUT2D eigenvalue weighted by molar-refractivity contribution is 9.10. The van der Waals surface area contributed by atoms with Gasteiger partial charge in [0, 0.05) is 15.2 Å². The maximum Gasteiger partial charge on any atom is 0.269 e. The van der Waals surface area contributed by atoms with Crippen LogP contribution in [0.15, 0.2) is 82.2 Å². The molecule has 23 heavy (non-hydrogen) atoms. The van der Waals surface area contributed by atoms with Crippen LogP contribution in [0, 0.1) is 0 Å². The maximum atomic E-state index is 13.3. The number of para-hydroxylation sites is 2. The summed E-state index contributed by atoms with van der Waals surface area (Å²) < 4.78 is 28.5. The van der Waals surface area contributed by atoms with Crippen molar-refractivity contribution in [2.75, 3.05) is 0 Å². The van der Waals surface area contributed by atoms with E-state index in [1.807, 2.05) is 48.5 Å². The Hall–Kier alpha value is -2.11. The summed E-state index contributed by atoms with van der Waals surface area (Å²) in [7, 11) is -3.71. The number of nitrogens with zero attached hydrogens (tertiary/aromatic N) is 1. The van der Waals surface area contributed by atoms with Gasteiger partial charge in [0.05, 0.1) is 11.0 Å². The Kier molecular flexibility index (Phi) is 3.28. The van der Waals surface area contributed by atoms with Gasteiger partial charge in [-0.3, -0.25) is 0 Å². The van der Waals surface area contributed by atoms with Gasteiger partial charge < -0.3 is 0 Å². The lowest BCUT2D eigenvalue weighted by Crippen LogP contribution is -2.13. The molecule has 4 aromatic rings. The molecule has 0 N–H and O–H groups in total. The molecule has 3 aromatic carbocycles. The minimum absolute atomic E-state index is 0.256. The summed E-state index contributed by atoms with van der Waals surface area (Å²) in [6.45, 7) is 0. The summed E-state index contributed by atoms with van der Waals surface area (Å²) >= 11 is 3.35. The van der Waals surface area contributed by atoms with E-state index in [9.17, 15) is 8.42 Å². The molecular formula is C18H12BrNO2S. The zero-order valence-corrected chi connectivity index (χ0v) is 14.4. The fourth-order valence-electron chi connectivity index (χ4n) is 2.90. The molecule has 0 fully saturated rings.